The number of nitrogen functional groups attached to an aromatic ring is 1. The first-order valence-electron chi connectivity index (χ1n) is 6.24. The molecule has 0 amide bonds. The minimum atomic E-state index is -0.648. The highest BCUT2D eigenvalue weighted by molar-refractivity contribution is 5.76. The van der Waals surface area contributed by atoms with Gasteiger partial charge in [0.15, 0.2) is 5.82 Å². The molecule has 19 heavy (non-hydrogen) atoms. The van der Waals surface area contributed by atoms with Crippen molar-refractivity contribution in [2.75, 3.05) is 5.73 Å². The van der Waals surface area contributed by atoms with Gasteiger partial charge in [-0.3, -0.25) is 0 Å². The molecule has 0 radical (unpaired) electrons. The largest absolute Gasteiger partial charge is 0.380 e. The van der Waals surface area contributed by atoms with E-state index in [1.165, 1.54) is 12.1 Å². The molecule has 0 saturated heterocycles. The van der Waals surface area contributed by atoms with Crippen LogP contribution < -0.4 is 5.73 Å². The first-order valence-corrected chi connectivity index (χ1v) is 6.24. The summed E-state index contributed by atoms with van der Waals surface area (Å²) in [4.78, 5) is 0. The quantitative estimate of drug-likeness (QED) is 0.906. The molecule has 0 aliphatic heterocycles. The SMILES string of the molecule is CCCC(C)c1onc(N)c1-c1cc(F)cc(F)c1. The molecule has 0 aliphatic rings. The summed E-state index contributed by atoms with van der Waals surface area (Å²) in [7, 11) is 0. The topological polar surface area (TPSA) is 52.0 Å². The molecule has 2 rings (SSSR count). The second-order valence-corrected chi connectivity index (χ2v) is 4.65. The number of hydrogen-bond acceptors (Lipinski definition) is 3. The van der Waals surface area contributed by atoms with Gasteiger partial charge in [-0.05, 0) is 24.1 Å². The summed E-state index contributed by atoms with van der Waals surface area (Å²) >= 11 is 0. The molecule has 0 spiro atoms. The Hall–Kier alpha value is -1.91. The van der Waals surface area contributed by atoms with Crippen molar-refractivity contribution in [3.63, 3.8) is 0 Å². The summed E-state index contributed by atoms with van der Waals surface area (Å²) < 4.78 is 31.8. The van der Waals surface area contributed by atoms with Crippen LogP contribution >= 0.6 is 0 Å². The zero-order valence-electron chi connectivity index (χ0n) is 10.9. The van der Waals surface area contributed by atoms with Crippen LogP contribution in [0.25, 0.3) is 11.1 Å². The highest BCUT2D eigenvalue weighted by Gasteiger charge is 2.21. The number of benzene rings is 1. The predicted molar refractivity (Wildman–Crippen MR) is 69.6 cm³/mol. The Morgan fingerprint density at radius 1 is 1.26 bits per heavy atom. The Kier molecular flexibility index (Phi) is 3.83. The van der Waals surface area contributed by atoms with Crippen LogP contribution in [0.1, 0.15) is 38.4 Å². The number of nitrogens with two attached hydrogens (primary N) is 1. The van der Waals surface area contributed by atoms with Gasteiger partial charge in [-0.1, -0.05) is 25.4 Å². The summed E-state index contributed by atoms with van der Waals surface area (Å²) in [5.74, 6) is -0.474. The van der Waals surface area contributed by atoms with Gasteiger partial charge in [-0.15, -0.1) is 0 Å². The molecule has 102 valence electrons. The molecular formula is C14H16F2N2O. The minimum Gasteiger partial charge on any atom is -0.380 e. The van der Waals surface area contributed by atoms with E-state index in [4.69, 9.17) is 10.3 Å². The number of anilines is 1. The molecule has 1 unspecified atom stereocenters. The summed E-state index contributed by atoms with van der Waals surface area (Å²) in [6.07, 6.45) is 1.86. The number of hydrogen-bond donors (Lipinski definition) is 1. The van der Waals surface area contributed by atoms with Crippen LogP contribution in [0.2, 0.25) is 0 Å². The normalized spacial score (nSPS) is 12.6. The molecule has 5 heteroatoms. The highest BCUT2D eigenvalue weighted by atomic mass is 19.1. The lowest BCUT2D eigenvalue weighted by Gasteiger charge is -2.09. The monoisotopic (exact) mass is 266 g/mol. The van der Waals surface area contributed by atoms with Gasteiger partial charge < -0.3 is 10.3 Å². The summed E-state index contributed by atoms with van der Waals surface area (Å²) in [6.45, 7) is 4.03. The van der Waals surface area contributed by atoms with Crippen molar-refractivity contribution in [3.8, 4) is 11.1 Å². The third kappa shape index (κ3) is 2.75. The van der Waals surface area contributed by atoms with E-state index in [-0.39, 0.29) is 11.7 Å². The van der Waals surface area contributed by atoms with E-state index >= 15 is 0 Å². The summed E-state index contributed by atoms with van der Waals surface area (Å²) in [6, 6.07) is 3.28. The van der Waals surface area contributed by atoms with Crippen molar-refractivity contribution in [3.05, 3.63) is 35.6 Å². The maximum absolute atomic E-state index is 13.3. The Morgan fingerprint density at radius 3 is 2.47 bits per heavy atom. The number of rotatable bonds is 4. The lowest BCUT2D eigenvalue weighted by atomic mass is 9.95. The van der Waals surface area contributed by atoms with Crippen LogP contribution in [0.3, 0.4) is 0 Å². The molecule has 0 fully saturated rings. The van der Waals surface area contributed by atoms with Gasteiger partial charge in [0.05, 0.1) is 5.56 Å². The average molecular weight is 266 g/mol. The van der Waals surface area contributed by atoms with Gasteiger partial charge >= 0.3 is 0 Å². The molecule has 1 aromatic carbocycles. The molecule has 0 aliphatic carbocycles. The Labute approximate surface area is 110 Å². The molecule has 2 aromatic rings. The first kappa shape index (κ1) is 13.5. The van der Waals surface area contributed by atoms with Crippen LogP contribution in [-0.2, 0) is 0 Å². The number of halogens is 2. The van der Waals surface area contributed by atoms with Crippen LogP contribution in [0.5, 0.6) is 0 Å². The zero-order valence-corrected chi connectivity index (χ0v) is 10.9. The third-order valence-corrected chi connectivity index (χ3v) is 3.07. The fourth-order valence-corrected chi connectivity index (χ4v) is 2.20. The van der Waals surface area contributed by atoms with Crippen LogP contribution in [-0.4, -0.2) is 5.16 Å². The van der Waals surface area contributed by atoms with E-state index in [9.17, 15) is 8.78 Å². The minimum absolute atomic E-state index is 0.0936. The second-order valence-electron chi connectivity index (χ2n) is 4.65. The Balaban J connectivity index is 2.52. The second kappa shape index (κ2) is 5.38. The van der Waals surface area contributed by atoms with E-state index in [1.54, 1.807) is 0 Å². The van der Waals surface area contributed by atoms with Gasteiger partial charge in [-0.2, -0.15) is 0 Å². The number of aromatic nitrogens is 1. The smallest absolute Gasteiger partial charge is 0.175 e. The third-order valence-electron chi connectivity index (χ3n) is 3.07. The molecule has 0 bridgehead atoms. The first-order chi connectivity index (χ1) is 9.02. The van der Waals surface area contributed by atoms with Gasteiger partial charge in [0.1, 0.15) is 17.4 Å². The average Bonchev–Trinajstić information content (AvgIpc) is 2.70. The summed E-state index contributed by atoms with van der Waals surface area (Å²) in [5.41, 5.74) is 6.60. The van der Waals surface area contributed by atoms with Crippen LogP contribution in [0.4, 0.5) is 14.6 Å². The predicted octanol–water partition coefficient (Wildman–Crippen LogP) is 4.11. The van der Waals surface area contributed by atoms with Crippen molar-refractivity contribution in [1.82, 2.24) is 5.16 Å². The van der Waals surface area contributed by atoms with Gasteiger partial charge in [0.25, 0.3) is 0 Å². The van der Waals surface area contributed by atoms with Crippen molar-refractivity contribution < 1.29 is 13.3 Å². The maximum atomic E-state index is 13.3. The van der Waals surface area contributed by atoms with Gasteiger partial charge in [0, 0.05) is 12.0 Å². The van der Waals surface area contributed by atoms with Crippen molar-refractivity contribution in [2.45, 2.75) is 32.6 Å². The molecule has 1 atom stereocenters. The van der Waals surface area contributed by atoms with Crippen LogP contribution in [0, 0.1) is 11.6 Å². The molecule has 1 heterocycles. The lowest BCUT2D eigenvalue weighted by molar-refractivity contribution is 0.362. The fraction of sp³-hybridized carbons (Fsp3) is 0.357. The van der Waals surface area contributed by atoms with E-state index in [0.29, 0.717) is 16.9 Å². The molecule has 2 N–H and O–H groups in total. The van der Waals surface area contributed by atoms with Gasteiger partial charge in [0.2, 0.25) is 0 Å². The molecule has 0 saturated carbocycles. The molecule has 3 nitrogen and oxygen atoms in total. The fourth-order valence-electron chi connectivity index (χ4n) is 2.20. The zero-order chi connectivity index (χ0) is 14.0. The van der Waals surface area contributed by atoms with Crippen LogP contribution in [0.15, 0.2) is 22.7 Å². The van der Waals surface area contributed by atoms with E-state index < -0.39 is 11.6 Å². The highest BCUT2D eigenvalue weighted by Crippen LogP contribution is 2.36. The Morgan fingerprint density at radius 2 is 1.89 bits per heavy atom. The molecular weight excluding hydrogens is 250 g/mol. The van der Waals surface area contributed by atoms with Gasteiger partial charge in [-0.25, -0.2) is 8.78 Å². The lowest BCUT2D eigenvalue weighted by Crippen LogP contribution is -1.96. The standard InChI is InChI=1S/C14H16F2N2O/c1-3-4-8(2)13-12(14(17)18-19-13)9-5-10(15)7-11(16)6-9/h5-8H,3-4H2,1-2H3,(H2,17,18). The Bertz CT molecular complexity index is 561. The number of nitrogens with zero attached hydrogens (tertiary/aromatic N) is 1. The van der Waals surface area contributed by atoms with Crippen molar-refractivity contribution >= 4 is 5.82 Å². The van der Waals surface area contributed by atoms with Crippen molar-refractivity contribution in [2.24, 2.45) is 0 Å². The van der Waals surface area contributed by atoms with E-state index in [2.05, 4.69) is 12.1 Å². The molecule has 1 aromatic heterocycles. The van der Waals surface area contributed by atoms with E-state index in [1.807, 2.05) is 6.92 Å². The maximum Gasteiger partial charge on any atom is 0.175 e. The van der Waals surface area contributed by atoms with E-state index in [0.717, 1.165) is 18.9 Å². The van der Waals surface area contributed by atoms with Crippen molar-refractivity contribution in [1.29, 1.82) is 0 Å². The summed E-state index contributed by atoms with van der Waals surface area (Å²) in [5, 5.41) is 3.71.